The summed E-state index contributed by atoms with van der Waals surface area (Å²) in [5.74, 6) is -8.14. The number of aromatic nitrogens is 2. The average molecular weight is 406 g/mol. The van der Waals surface area contributed by atoms with E-state index in [1.165, 1.54) is 29.0 Å². The van der Waals surface area contributed by atoms with Gasteiger partial charge < -0.3 is 10.1 Å². The zero-order valence-corrected chi connectivity index (χ0v) is 14.9. The molecule has 0 atom stereocenters. The first-order chi connectivity index (χ1) is 13.3. The molecule has 2 aromatic carbocycles. The van der Waals surface area contributed by atoms with Gasteiger partial charge in [0.15, 0.2) is 23.3 Å². The lowest BCUT2D eigenvalue weighted by atomic mass is 10.0. The minimum atomic E-state index is -1.62. The van der Waals surface area contributed by atoms with Gasteiger partial charge in [-0.05, 0) is 47.0 Å². The van der Waals surface area contributed by atoms with Crippen molar-refractivity contribution < 1.29 is 27.5 Å². The Bertz CT molecular complexity index is 1220. The number of nitrogens with zero attached hydrogens (tertiary/aromatic N) is 1. The molecule has 0 saturated carbocycles. The molecule has 2 N–H and O–H groups in total. The van der Waals surface area contributed by atoms with Gasteiger partial charge in [0.2, 0.25) is 0 Å². The third-order valence-electron chi connectivity index (χ3n) is 4.27. The van der Waals surface area contributed by atoms with E-state index in [9.17, 15) is 27.5 Å². The fraction of sp³-hybridized carbons (Fsp3) is 0.0526. The number of rotatable bonds is 3. The van der Waals surface area contributed by atoms with Crippen LogP contribution in [0.1, 0.15) is 15.9 Å². The summed E-state index contributed by atoms with van der Waals surface area (Å²) in [4.78, 5) is 17.9. The largest absolute Gasteiger partial charge is 0.478 e. The van der Waals surface area contributed by atoms with Crippen molar-refractivity contribution in [2.24, 2.45) is 0 Å². The lowest BCUT2D eigenvalue weighted by Gasteiger charge is -2.09. The summed E-state index contributed by atoms with van der Waals surface area (Å²) in [6.07, 6.45) is 0. The molecule has 0 bridgehead atoms. The van der Waals surface area contributed by atoms with Gasteiger partial charge in [-0.1, -0.05) is 0 Å². The number of carbonyl (C=O) groups is 1. The SMILES string of the molecule is Cc1cc(C(=O)O)c2nc(-c3c(F)c(F)c(-c4ccsc4)c(F)c3F)[nH]c2c1. The van der Waals surface area contributed by atoms with E-state index >= 15 is 0 Å². The van der Waals surface area contributed by atoms with Crippen molar-refractivity contribution >= 4 is 28.3 Å². The lowest BCUT2D eigenvalue weighted by Crippen LogP contribution is -2.04. The Morgan fingerprint density at radius 3 is 2.29 bits per heavy atom. The molecule has 0 unspecified atom stereocenters. The molecule has 4 nitrogen and oxygen atoms in total. The second kappa shape index (κ2) is 6.45. The number of aromatic carboxylic acids is 1. The zero-order chi connectivity index (χ0) is 20.2. The van der Waals surface area contributed by atoms with Crippen molar-refractivity contribution in [2.45, 2.75) is 6.92 Å². The van der Waals surface area contributed by atoms with Crippen molar-refractivity contribution in [1.82, 2.24) is 9.97 Å². The minimum Gasteiger partial charge on any atom is -0.478 e. The zero-order valence-electron chi connectivity index (χ0n) is 14.1. The van der Waals surface area contributed by atoms with E-state index in [4.69, 9.17) is 0 Å². The summed E-state index contributed by atoms with van der Waals surface area (Å²) in [5.41, 5.74) is -1.36. The molecular weight excluding hydrogens is 396 g/mol. The number of H-pyrrole nitrogens is 1. The first-order valence-electron chi connectivity index (χ1n) is 7.92. The molecular formula is C19H10F4N2O2S. The van der Waals surface area contributed by atoms with Crippen LogP contribution in [0.5, 0.6) is 0 Å². The van der Waals surface area contributed by atoms with Crippen LogP contribution in [0.15, 0.2) is 29.0 Å². The van der Waals surface area contributed by atoms with Crippen LogP contribution in [-0.4, -0.2) is 21.0 Å². The fourth-order valence-corrected chi connectivity index (χ4v) is 3.69. The molecule has 0 spiro atoms. The highest BCUT2D eigenvalue weighted by atomic mass is 32.1. The molecule has 0 aliphatic heterocycles. The number of halogens is 4. The van der Waals surface area contributed by atoms with Crippen LogP contribution in [0.3, 0.4) is 0 Å². The standard InChI is InChI=1S/C19H10F4N2O2S/c1-7-4-9(19(26)27)17-10(5-7)24-18(25-17)12-15(22)13(20)11(14(21)16(12)23)8-2-3-28-6-8/h2-6H,1H3,(H,24,25)(H,26,27). The Labute approximate surface area is 159 Å². The van der Waals surface area contributed by atoms with E-state index in [1.807, 2.05) is 0 Å². The molecule has 2 heterocycles. The summed E-state index contributed by atoms with van der Waals surface area (Å²) in [6.45, 7) is 1.63. The van der Waals surface area contributed by atoms with Crippen LogP contribution in [0.2, 0.25) is 0 Å². The monoisotopic (exact) mass is 406 g/mol. The number of carboxylic acid groups (broad SMARTS) is 1. The highest BCUT2D eigenvalue weighted by molar-refractivity contribution is 7.08. The second-order valence-electron chi connectivity index (χ2n) is 6.12. The highest BCUT2D eigenvalue weighted by Gasteiger charge is 2.29. The smallest absolute Gasteiger partial charge is 0.337 e. The molecule has 0 fully saturated rings. The number of nitrogens with one attached hydrogen (secondary N) is 1. The van der Waals surface area contributed by atoms with Crippen LogP contribution < -0.4 is 0 Å². The van der Waals surface area contributed by atoms with E-state index < -0.39 is 46.2 Å². The number of imidazole rings is 1. The van der Waals surface area contributed by atoms with Crippen molar-refractivity contribution in [3.8, 4) is 22.5 Å². The molecule has 0 aliphatic carbocycles. The van der Waals surface area contributed by atoms with E-state index in [0.29, 0.717) is 5.56 Å². The van der Waals surface area contributed by atoms with E-state index in [-0.39, 0.29) is 22.2 Å². The highest BCUT2D eigenvalue weighted by Crippen LogP contribution is 2.37. The predicted octanol–water partition coefficient (Wildman–Crippen LogP) is 5.52. The Morgan fingerprint density at radius 1 is 1.07 bits per heavy atom. The predicted molar refractivity (Wildman–Crippen MR) is 96.4 cm³/mol. The summed E-state index contributed by atoms with van der Waals surface area (Å²) >= 11 is 1.12. The van der Waals surface area contributed by atoms with Gasteiger partial charge in [0.1, 0.15) is 11.3 Å². The van der Waals surface area contributed by atoms with Crippen molar-refractivity contribution in [3.63, 3.8) is 0 Å². The van der Waals surface area contributed by atoms with Gasteiger partial charge in [0.25, 0.3) is 0 Å². The Hall–Kier alpha value is -3.20. The number of carboxylic acids is 1. The summed E-state index contributed by atoms with van der Waals surface area (Å²) in [6, 6.07) is 4.19. The molecule has 0 aliphatic rings. The molecule has 0 saturated heterocycles. The van der Waals surface area contributed by atoms with Crippen molar-refractivity contribution in [3.05, 3.63) is 63.4 Å². The second-order valence-corrected chi connectivity index (χ2v) is 6.90. The first-order valence-corrected chi connectivity index (χ1v) is 8.86. The molecule has 4 aromatic rings. The van der Waals surface area contributed by atoms with Crippen LogP contribution in [0, 0.1) is 30.2 Å². The quantitative estimate of drug-likeness (QED) is 0.348. The van der Waals surface area contributed by atoms with Gasteiger partial charge in [-0.2, -0.15) is 11.3 Å². The third-order valence-corrected chi connectivity index (χ3v) is 4.95. The maximum absolute atomic E-state index is 14.7. The number of benzene rings is 2. The van der Waals surface area contributed by atoms with E-state index in [1.54, 1.807) is 6.92 Å². The molecule has 0 amide bonds. The number of fused-ring (bicyclic) bond motifs is 1. The van der Waals surface area contributed by atoms with Gasteiger partial charge in [-0.3, -0.25) is 0 Å². The number of hydrogen-bond acceptors (Lipinski definition) is 3. The molecule has 4 rings (SSSR count). The van der Waals surface area contributed by atoms with Crippen molar-refractivity contribution in [1.29, 1.82) is 0 Å². The van der Waals surface area contributed by atoms with Crippen LogP contribution in [0.4, 0.5) is 17.6 Å². The Kier molecular flexibility index (Phi) is 4.19. The summed E-state index contributed by atoms with van der Waals surface area (Å²) < 4.78 is 58.5. The van der Waals surface area contributed by atoms with Gasteiger partial charge in [-0.25, -0.2) is 27.3 Å². The van der Waals surface area contributed by atoms with E-state index in [0.717, 1.165) is 11.3 Å². The molecule has 2 aromatic heterocycles. The number of hydrogen-bond donors (Lipinski definition) is 2. The summed E-state index contributed by atoms with van der Waals surface area (Å²) in [5, 5.41) is 12.2. The van der Waals surface area contributed by atoms with Crippen LogP contribution in [-0.2, 0) is 0 Å². The van der Waals surface area contributed by atoms with E-state index in [2.05, 4.69) is 9.97 Å². The molecule has 142 valence electrons. The maximum Gasteiger partial charge on any atom is 0.337 e. The fourth-order valence-electron chi connectivity index (χ4n) is 3.04. The summed E-state index contributed by atoms with van der Waals surface area (Å²) in [7, 11) is 0. The van der Waals surface area contributed by atoms with Gasteiger partial charge >= 0.3 is 5.97 Å². The number of aromatic amines is 1. The first kappa shape index (κ1) is 18.2. The normalized spacial score (nSPS) is 11.3. The number of aryl methyl sites for hydroxylation is 1. The lowest BCUT2D eigenvalue weighted by molar-refractivity contribution is 0.0698. The van der Waals surface area contributed by atoms with Gasteiger partial charge in [-0.15, -0.1) is 0 Å². The minimum absolute atomic E-state index is 0.0118. The Balaban J connectivity index is 2.01. The molecule has 0 radical (unpaired) electrons. The van der Waals surface area contributed by atoms with Gasteiger partial charge in [0, 0.05) is 0 Å². The molecule has 9 heteroatoms. The van der Waals surface area contributed by atoms with Crippen molar-refractivity contribution in [2.75, 3.05) is 0 Å². The van der Waals surface area contributed by atoms with Crippen LogP contribution in [0.25, 0.3) is 33.5 Å². The third kappa shape index (κ3) is 2.66. The average Bonchev–Trinajstić information content (AvgIpc) is 3.29. The maximum atomic E-state index is 14.7. The Morgan fingerprint density at radius 2 is 1.71 bits per heavy atom. The van der Waals surface area contributed by atoms with Gasteiger partial charge in [0.05, 0.1) is 22.2 Å². The number of thiophene rings is 1. The topological polar surface area (TPSA) is 66.0 Å². The molecule has 28 heavy (non-hydrogen) atoms. The van der Waals surface area contributed by atoms with Crippen LogP contribution >= 0.6 is 11.3 Å².